The smallest absolute Gasteiger partial charge is 0.359 e. The Morgan fingerprint density at radius 3 is 2.80 bits per heavy atom. The lowest BCUT2D eigenvalue weighted by atomic mass is 10.5. The summed E-state index contributed by atoms with van der Waals surface area (Å²) < 4.78 is 0. The zero-order chi connectivity index (χ0) is 7.56. The zero-order valence-electron chi connectivity index (χ0n) is 5.16. The predicted octanol–water partition coefficient (Wildman–Crippen LogP) is 0.225. The molecule has 0 saturated carbocycles. The summed E-state index contributed by atoms with van der Waals surface area (Å²) in [6.45, 7) is 0. The Morgan fingerprint density at radius 2 is 2.40 bits per heavy atom. The molecule has 54 valence electrons. The molecular formula is C4H5N3O2S. The Bertz CT molecular complexity index is 246. The minimum atomic E-state index is -1.06. The van der Waals surface area contributed by atoms with Crippen molar-refractivity contribution >= 4 is 17.7 Å². The molecule has 1 aromatic rings. The lowest BCUT2D eigenvalue weighted by molar-refractivity contribution is 0.0686. The molecule has 0 aliphatic heterocycles. The topological polar surface area (TPSA) is 78.9 Å². The number of aromatic nitrogens is 3. The normalized spacial score (nSPS) is 9.70. The average molecular weight is 159 g/mol. The van der Waals surface area contributed by atoms with E-state index in [0.717, 1.165) is 0 Å². The van der Waals surface area contributed by atoms with E-state index in [1.165, 1.54) is 11.8 Å². The number of aromatic amines is 1. The Kier molecular flexibility index (Phi) is 1.91. The molecule has 0 bridgehead atoms. The summed E-state index contributed by atoms with van der Waals surface area (Å²) in [4.78, 5) is 10.3. The van der Waals surface area contributed by atoms with Gasteiger partial charge in [-0.1, -0.05) is 0 Å². The number of nitrogens with zero attached hydrogens (tertiary/aromatic N) is 2. The molecule has 0 saturated heterocycles. The number of rotatable bonds is 2. The van der Waals surface area contributed by atoms with Gasteiger partial charge in [0.2, 0.25) is 5.69 Å². The van der Waals surface area contributed by atoms with Crippen LogP contribution in [0.15, 0.2) is 5.03 Å². The summed E-state index contributed by atoms with van der Waals surface area (Å²) in [7, 11) is 0. The molecule has 0 spiro atoms. The molecular weight excluding hydrogens is 154 g/mol. The summed E-state index contributed by atoms with van der Waals surface area (Å²) in [5, 5.41) is 18.1. The van der Waals surface area contributed by atoms with Crippen molar-refractivity contribution in [2.45, 2.75) is 5.03 Å². The van der Waals surface area contributed by atoms with Crippen LogP contribution in [-0.2, 0) is 0 Å². The van der Waals surface area contributed by atoms with Gasteiger partial charge in [0.25, 0.3) is 0 Å². The third kappa shape index (κ3) is 1.10. The third-order valence-corrected chi connectivity index (χ3v) is 1.58. The highest BCUT2D eigenvalue weighted by Crippen LogP contribution is 2.13. The number of H-pyrrole nitrogens is 1. The van der Waals surface area contributed by atoms with Crippen molar-refractivity contribution in [3.63, 3.8) is 0 Å². The quantitative estimate of drug-likeness (QED) is 0.603. The van der Waals surface area contributed by atoms with Gasteiger partial charge in [-0.05, 0) is 6.26 Å². The number of thioether (sulfide) groups is 1. The fourth-order valence-corrected chi connectivity index (χ4v) is 0.961. The van der Waals surface area contributed by atoms with Crippen molar-refractivity contribution in [3.05, 3.63) is 5.69 Å². The first-order valence-electron chi connectivity index (χ1n) is 2.43. The van der Waals surface area contributed by atoms with Gasteiger partial charge in [-0.2, -0.15) is 5.21 Å². The van der Waals surface area contributed by atoms with Gasteiger partial charge in [0.05, 0.1) is 0 Å². The van der Waals surface area contributed by atoms with E-state index in [-0.39, 0.29) is 5.69 Å². The molecule has 1 heterocycles. The molecule has 10 heavy (non-hydrogen) atoms. The van der Waals surface area contributed by atoms with Gasteiger partial charge in [0.15, 0.2) is 5.03 Å². The first kappa shape index (κ1) is 7.07. The van der Waals surface area contributed by atoms with Crippen LogP contribution in [0.3, 0.4) is 0 Å². The Labute approximate surface area is 60.8 Å². The van der Waals surface area contributed by atoms with Crippen LogP contribution >= 0.6 is 11.8 Å². The second-order valence-electron chi connectivity index (χ2n) is 1.49. The molecule has 0 atom stereocenters. The minimum absolute atomic E-state index is 0.0208. The van der Waals surface area contributed by atoms with E-state index in [0.29, 0.717) is 5.03 Å². The van der Waals surface area contributed by atoms with E-state index in [4.69, 9.17) is 5.11 Å². The molecule has 0 aromatic carbocycles. The number of hydrogen-bond acceptors (Lipinski definition) is 4. The number of nitrogens with one attached hydrogen (secondary N) is 1. The summed E-state index contributed by atoms with van der Waals surface area (Å²) in [5.41, 5.74) is -0.0208. The van der Waals surface area contributed by atoms with Gasteiger partial charge >= 0.3 is 5.97 Å². The largest absolute Gasteiger partial charge is 0.476 e. The maximum absolute atomic E-state index is 10.3. The summed E-state index contributed by atoms with van der Waals surface area (Å²) >= 11 is 1.24. The standard InChI is InChI=1S/C4H5N3O2S/c1-10-3-2(4(8)9)5-7-6-3/h1H3,(H,8,9)(H,5,6,7). The van der Waals surface area contributed by atoms with Crippen LogP contribution < -0.4 is 0 Å². The predicted molar refractivity (Wildman–Crippen MR) is 35.1 cm³/mol. The number of carbonyl (C=O) groups is 1. The molecule has 1 aromatic heterocycles. The lowest BCUT2D eigenvalue weighted by Gasteiger charge is -1.86. The SMILES string of the molecule is CSc1n[nH]nc1C(=O)O. The highest BCUT2D eigenvalue weighted by atomic mass is 32.2. The van der Waals surface area contributed by atoms with Gasteiger partial charge in [-0.15, -0.1) is 22.0 Å². The number of aromatic carboxylic acids is 1. The van der Waals surface area contributed by atoms with Crippen LogP contribution in [0.5, 0.6) is 0 Å². The molecule has 0 aliphatic carbocycles. The minimum Gasteiger partial charge on any atom is -0.476 e. The van der Waals surface area contributed by atoms with E-state index >= 15 is 0 Å². The number of hydrogen-bond donors (Lipinski definition) is 2. The molecule has 0 aliphatic rings. The van der Waals surface area contributed by atoms with Crippen molar-refractivity contribution in [1.29, 1.82) is 0 Å². The maximum Gasteiger partial charge on any atom is 0.359 e. The van der Waals surface area contributed by atoms with Crippen LogP contribution in [0, 0.1) is 0 Å². The van der Waals surface area contributed by atoms with E-state index in [1.807, 2.05) is 0 Å². The average Bonchev–Trinajstić information content (AvgIpc) is 2.33. The van der Waals surface area contributed by atoms with E-state index in [1.54, 1.807) is 6.26 Å². The highest BCUT2D eigenvalue weighted by molar-refractivity contribution is 7.98. The van der Waals surface area contributed by atoms with Crippen molar-refractivity contribution < 1.29 is 9.90 Å². The maximum atomic E-state index is 10.3. The van der Waals surface area contributed by atoms with Gasteiger partial charge in [-0.25, -0.2) is 4.79 Å². The second-order valence-corrected chi connectivity index (χ2v) is 2.28. The fraction of sp³-hybridized carbons (Fsp3) is 0.250. The molecule has 0 fully saturated rings. The van der Waals surface area contributed by atoms with Crippen LogP contribution in [0.1, 0.15) is 10.5 Å². The summed E-state index contributed by atoms with van der Waals surface area (Å²) in [6, 6.07) is 0. The van der Waals surface area contributed by atoms with E-state index in [2.05, 4.69) is 15.4 Å². The van der Waals surface area contributed by atoms with Gasteiger partial charge in [-0.3, -0.25) is 0 Å². The number of carboxylic acid groups (broad SMARTS) is 1. The van der Waals surface area contributed by atoms with Crippen LogP contribution in [-0.4, -0.2) is 32.7 Å². The first-order valence-corrected chi connectivity index (χ1v) is 3.66. The Balaban J connectivity index is 3.01. The monoisotopic (exact) mass is 159 g/mol. The van der Waals surface area contributed by atoms with E-state index < -0.39 is 5.97 Å². The zero-order valence-corrected chi connectivity index (χ0v) is 5.97. The molecule has 0 radical (unpaired) electrons. The van der Waals surface area contributed by atoms with Crippen LogP contribution in [0.25, 0.3) is 0 Å². The molecule has 2 N–H and O–H groups in total. The molecule has 5 nitrogen and oxygen atoms in total. The lowest BCUT2D eigenvalue weighted by Crippen LogP contribution is -1.97. The molecule has 0 unspecified atom stereocenters. The molecule has 0 amide bonds. The van der Waals surface area contributed by atoms with Crippen molar-refractivity contribution in [3.8, 4) is 0 Å². The first-order chi connectivity index (χ1) is 4.75. The van der Waals surface area contributed by atoms with Crippen LogP contribution in [0.2, 0.25) is 0 Å². The van der Waals surface area contributed by atoms with Gasteiger partial charge in [0.1, 0.15) is 0 Å². The number of carboxylic acids is 1. The van der Waals surface area contributed by atoms with Crippen molar-refractivity contribution in [2.24, 2.45) is 0 Å². The molecule has 6 heteroatoms. The fourth-order valence-electron chi connectivity index (χ4n) is 0.503. The van der Waals surface area contributed by atoms with Crippen LogP contribution in [0.4, 0.5) is 0 Å². The molecule has 1 rings (SSSR count). The summed E-state index contributed by atoms with van der Waals surface area (Å²) in [6.07, 6.45) is 1.74. The Hall–Kier alpha value is -1.04. The van der Waals surface area contributed by atoms with Gasteiger partial charge in [0, 0.05) is 0 Å². The van der Waals surface area contributed by atoms with Crippen molar-refractivity contribution in [1.82, 2.24) is 15.4 Å². The van der Waals surface area contributed by atoms with Crippen molar-refractivity contribution in [2.75, 3.05) is 6.26 Å². The van der Waals surface area contributed by atoms with E-state index in [9.17, 15) is 4.79 Å². The summed E-state index contributed by atoms with van der Waals surface area (Å²) in [5.74, 6) is -1.06. The third-order valence-electron chi connectivity index (χ3n) is 0.912. The Morgan fingerprint density at radius 1 is 1.70 bits per heavy atom. The second kappa shape index (κ2) is 2.70. The highest BCUT2D eigenvalue weighted by Gasteiger charge is 2.12. The van der Waals surface area contributed by atoms with Gasteiger partial charge < -0.3 is 5.11 Å².